The summed E-state index contributed by atoms with van der Waals surface area (Å²) in [6.07, 6.45) is 1.62. The average molecular weight is 303 g/mol. The van der Waals surface area contributed by atoms with E-state index in [-0.39, 0.29) is 18.4 Å². The van der Waals surface area contributed by atoms with E-state index in [9.17, 15) is 9.59 Å². The number of carbonyl (C=O) groups excluding carboxylic acids is 2. The molecule has 1 aromatic carbocycles. The van der Waals surface area contributed by atoms with Gasteiger partial charge in [0.1, 0.15) is 6.54 Å². The second kappa shape index (κ2) is 6.99. The zero-order valence-corrected chi connectivity index (χ0v) is 12.8. The Morgan fingerprint density at radius 2 is 2.10 bits per heavy atom. The quantitative estimate of drug-likeness (QED) is 0.923. The van der Waals surface area contributed by atoms with Crippen LogP contribution in [0.25, 0.3) is 0 Å². The molecule has 2 aromatic rings. The number of nitrogens with zero attached hydrogens (tertiary/aromatic N) is 2. The molecule has 21 heavy (non-hydrogen) atoms. The lowest BCUT2D eigenvalue weighted by atomic mass is 10.1. The van der Waals surface area contributed by atoms with Gasteiger partial charge in [0.15, 0.2) is 5.13 Å². The summed E-state index contributed by atoms with van der Waals surface area (Å²) in [6.45, 7) is 4.23. The molecule has 0 atom stereocenters. The molecule has 110 valence electrons. The molecule has 0 spiro atoms. The molecular weight excluding hydrogens is 286 g/mol. The Labute approximate surface area is 127 Å². The van der Waals surface area contributed by atoms with Crippen molar-refractivity contribution in [1.82, 2.24) is 9.88 Å². The highest BCUT2D eigenvalue weighted by molar-refractivity contribution is 7.13. The minimum Gasteiger partial charge on any atom is -0.330 e. The molecule has 0 aliphatic rings. The van der Waals surface area contributed by atoms with Crippen LogP contribution in [-0.2, 0) is 4.79 Å². The number of carbonyl (C=O) groups is 2. The molecule has 0 aliphatic carbocycles. The fourth-order valence-corrected chi connectivity index (χ4v) is 2.47. The highest BCUT2D eigenvalue weighted by Gasteiger charge is 2.18. The van der Waals surface area contributed by atoms with Crippen molar-refractivity contribution in [2.24, 2.45) is 0 Å². The predicted molar refractivity (Wildman–Crippen MR) is 83.5 cm³/mol. The van der Waals surface area contributed by atoms with Gasteiger partial charge in [-0.1, -0.05) is 18.2 Å². The Balaban J connectivity index is 2.04. The minimum absolute atomic E-state index is 0.0171. The monoisotopic (exact) mass is 303 g/mol. The zero-order valence-electron chi connectivity index (χ0n) is 12.0. The van der Waals surface area contributed by atoms with E-state index in [4.69, 9.17) is 0 Å². The SMILES string of the molecule is CCN(CC(=O)Nc1nccs1)C(=O)c1ccccc1C. The van der Waals surface area contributed by atoms with Crippen LogP contribution >= 0.6 is 11.3 Å². The molecule has 5 nitrogen and oxygen atoms in total. The third-order valence-corrected chi connectivity index (χ3v) is 3.75. The van der Waals surface area contributed by atoms with E-state index in [1.165, 1.54) is 16.2 Å². The maximum atomic E-state index is 12.5. The van der Waals surface area contributed by atoms with Gasteiger partial charge in [-0.2, -0.15) is 0 Å². The van der Waals surface area contributed by atoms with Gasteiger partial charge >= 0.3 is 0 Å². The summed E-state index contributed by atoms with van der Waals surface area (Å²) in [5.41, 5.74) is 1.53. The summed E-state index contributed by atoms with van der Waals surface area (Å²) in [4.78, 5) is 29.9. The summed E-state index contributed by atoms with van der Waals surface area (Å²) in [5.74, 6) is -0.376. The molecule has 2 amide bonds. The molecule has 0 unspecified atom stereocenters. The van der Waals surface area contributed by atoms with Gasteiger partial charge in [-0.05, 0) is 25.5 Å². The molecule has 0 aliphatic heterocycles. The third kappa shape index (κ3) is 3.88. The number of nitrogens with one attached hydrogen (secondary N) is 1. The number of aryl methyl sites for hydroxylation is 1. The number of benzene rings is 1. The van der Waals surface area contributed by atoms with Crippen molar-refractivity contribution >= 4 is 28.3 Å². The van der Waals surface area contributed by atoms with Gasteiger partial charge in [-0.25, -0.2) is 4.98 Å². The first-order valence-corrected chi connectivity index (χ1v) is 7.54. The molecule has 1 heterocycles. The molecule has 6 heteroatoms. The topological polar surface area (TPSA) is 62.3 Å². The van der Waals surface area contributed by atoms with Crippen molar-refractivity contribution in [2.75, 3.05) is 18.4 Å². The number of hydrogen-bond donors (Lipinski definition) is 1. The highest BCUT2D eigenvalue weighted by Crippen LogP contribution is 2.12. The number of likely N-dealkylation sites (N-methyl/N-ethyl adjacent to an activating group) is 1. The molecular formula is C15H17N3O2S. The number of aromatic nitrogens is 1. The first-order valence-electron chi connectivity index (χ1n) is 6.66. The molecule has 0 bridgehead atoms. The second-order valence-electron chi connectivity index (χ2n) is 4.52. The average Bonchev–Trinajstić information content (AvgIpc) is 2.97. The maximum Gasteiger partial charge on any atom is 0.254 e. The van der Waals surface area contributed by atoms with Gasteiger partial charge in [0.05, 0.1) is 0 Å². The first kappa shape index (κ1) is 15.2. The summed E-state index contributed by atoms with van der Waals surface area (Å²) in [5, 5.41) is 5.01. The van der Waals surface area contributed by atoms with Gasteiger partial charge in [0, 0.05) is 23.7 Å². The number of amides is 2. The van der Waals surface area contributed by atoms with Crippen LogP contribution in [0.3, 0.4) is 0 Å². The van der Waals surface area contributed by atoms with Crippen LogP contribution in [0.2, 0.25) is 0 Å². The van der Waals surface area contributed by atoms with E-state index >= 15 is 0 Å². The Morgan fingerprint density at radius 1 is 1.33 bits per heavy atom. The summed E-state index contributed by atoms with van der Waals surface area (Å²) in [7, 11) is 0. The second-order valence-corrected chi connectivity index (χ2v) is 5.41. The van der Waals surface area contributed by atoms with Crippen molar-refractivity contribution < 1.29 is 9.59 Å². The van der Waals surface area contributed by atoms with E-state index in [0.29, 0.717) is 17.2 Å². The Morgan fingerprint density at radius 3 is 2.71 bits per heavy atom. The van der Waals surface area contributed by atoms with E-state index in [2.05, 4.69) is 10.3 Å². The van der Waals surface area contributed by atoms with Crippen LogP contribution in [0.1, 0.15) is 22.8 Å². The lowest BCUT2D eigenvalue weighted by Gasteiger charge is -2.21. The van der Waals surface area contributed by atoms with E-state index in [1.54, 1.807) is 17.6 Å². The van der Waals surface area contributed by atoms with Gasteiger partial charge in [-0.15, -0.1) is 11.3 Å². The first-order chi connectivity index (χ1) is 10.1. The Hall–Kier alpha value is -2.21. The van der Waals surface area contributed by atoms with E-state index < -0.39 is 0 Å². The fourth-order valence-electron chi connectivity index (χ4n) is 1.93. The lowest BCUT2D eigenvalue weighted by molar-refractivity contribution is -0.116. The normalized spacial score (nSPS) is 10.2. The van der Waals surface area contributed by atoms with Crippen molar-refractivity contribution in [3.05, 3.63) is 47.0 Å². The largest absolute Gasteiger partial charge is 0.330 e. The Bertz CT molecular complexity index is 626. The summed E-state index contributed by atoms with van der Waals surface area (Å²) < 4.78 is 0. The maximum absolute atomic E-state index is 12.5. The van der Waals surface area contributed by atoms with Crippen LogP contribution in [0.5, 0.6) is 0 Å². The molecule has 0 fully saturated rings. The van der Waals surface area contributed by atoms with Crippen molar-refractivity contribution in [3.63, 3.8) is 0 Å². The van der Waals surface area contributed by atoms with Crippen molar-refractivity contribution in [3.8, 4) is 0 Å². The predicted octanol–water partition coefficient (Wildman–Crippen LogP) is 2.55. The van der Waals surface area contributed by atoms with Gasteiger partial charge < -0.3 is 10.2 Å². The Kier molecular flexibility index (Phi) is 5.05. The zero-order chi connectivity index (χ0) is 15.2. The standard InChI is InChI=1S/C15H17N3O2S/c1-3-18(10-13(19)17-15-16-8-9-21-15)14(20)12-7-5-4-6-11(12)2/h4-9H,3,10H2,1-2H3,(H,16,17,19). The summed E-state index contributed by atoms with van der Waals surface area (Å²) in [6, 6.07) is 7.37. The van der Waals surface area contributed by atoms with Crippen LogP contribution < -0.4 is 5.32 Å². The molecule has 1 aromatic heterocycles. The molecule has 2 rings (SSSR count). The van der Waals surface area contributed by atoms with Gasteiger partial charge in [0.2, 0.25) is 5.91 Å². The molecule has 0 saturated heterocycles. The third-order valence-electron chi connectivity index (χ3n) is 3.06. The van der Waals surface area contributed by atoms with Gasteiger partial charge in [0.25, 0.3) is 5.91 Å². The van der Waals surface area contributed by atoms with Gasteiger partial charge in [-0.3, -0.25) is 9.59 Å². The number of anilines is 1. The highest BCUT2D eigenvalue weighted by atomic mass is 32.1. The van der Waals surface area contributed by atoms with Crippen molar-refractivity contribution in [2.45, 2.75) is 13.8 Å². The molecule has 0 saturated carbocycles. The minimum atomic E-state index is -0.242. The lowest BCUT2D eigenvalue weighted by Crippen LogP contribution is -2.38. The van der Waals surface area contributed by atoms with Crippen LogP contribution in [-0.4, -0.2) is 34.8 Å². The smallest absolute Gasteiger partial charge is 0.254 e. The van der Waals surface area contributed by atoms with Crippen molar-refractivity contribution in [1.29, 1.82) is 0 Å². The van der Waals surface area contributed by atoms with E-state index in [0.717, 1.165) is 5.56 Å². The fraction of sp³-hybridized carbons (Fsp3) is 0.267. The number of rotatable bonds is 5. The van der Waals surface area contributed by atoms with E-state index in [1.807, 2.05) is 32.0 Å². The number of thiazole rings is 1. The molecule has 0 radical (unpaired) electrons. The van der Waals surface area contributed by atoms with Crippen LogP contribution in [0.15, 0.2) is 35.8 Å². The summed E-state index contributed by atoms with van der Waals surface area (Å²) >= 11 is 1.35. The van der Waals surface area contributed by atoms with Crippen LogP contribution in [0.4, 0.5) is 5.13 Å². The van der Waals surface area contributed by atoms with Crippen LogP contribution in [0, 0.1) is 6.92 Å². The number of hydrogen-bond acceptors (Lipinski definition) is 4. The molecule has 1 N–H and O–H groups in total.